The maximum atomic E-state index is 12.3. The molecule has 6 heteroatoms. The fourth-order valence-electron chi connectivity index (χ4n) is 1.95. The third kappa shape index (κ3) is 4.91. The van der Waals surface area contributed by atoms with Crippen molar-refractivity contribution in [2.24, 2.45) is 0 Å². The summed E-state index contributed by atoms with van der Waals surface area (Å²) in [5.41, 5.74) is 1.57. The van der Waals surface area contributed by atoms with Crippen LogP contribution in [0.3, 0.4) is 0 Å². The summed E-state index contributed by atoms with van der Waals surface area (Å²) in [5.74, 6) is -0.451. The maximum Gasteiger partial charge on any atom is 0.256 e. The number of anilines is 1. The SMILES string of the molecule is COCCNC(=O)c1cccc(NC(=O)c2ccccc2Br)c1. The van der Waals surface area contributed by atoms with Crippen LogP contribution in [0.5, 0.6) is 0 Å². The molecule has 0 heterocycles. The molecule has 0 aromatic heterocycles. The first-order valence-corrected chi connectivity index (χ1v) is 7.84. The molecular weight excluding hydrogens is 360 g/mol. The van der Waals surface area contributed by atoms with Crippen molar-refractivity contribution in [2.45, 2.75) is 0 Å². The molecule has 0 atom stereocenters. The summed E-state index contributed by atoms with van der Waals surface area (Å²) in [6.45, 7) is 0.882. The van der Waals surface area contributed by atoms with Gasteiger partial charge in [-0.25, -0.2) is 0 Å². The quantitative estimate of drug-likeness (QED) is 0.761. The maximum absolute atomic E-state index is 12.3. The van der Waals surface area contributed by atoms with Crippen molar-refractivity contribution >= 4 is 33.4 Å². The van der Waals surface area contributed by atoms with Crippen LogP contribution in [0.15, 0.2) is 53.0 Å². The molecule has 5 nitrogen and oxygen atoms in total. The second kappa shape index (κ2) is 8.45. The van der Waals surface area contributed by atoms with Gasteiger partial charge in [0.1, 0.15) is 0 Å². The summed E-state index contributed by atoms with van der Waals surface area (Å²) in [6, 6.07) is 13.9. The Bertz CT molecular complexity index is 704. The van der Waals surface area contributed by atoms with Crippen LogP contribution in [0.1, 0.15) is 20.7 Å². The Kier molecular flexibility index (Phi) is 6.31. The highest BCUT2D eigenvalue weighted by molar-refractivity contribution is 9.10. The molecule has 0 fully saturated rings. The van der Waals surface area contributed by atoms with Gasteiger partial charge in [0.25, 0.3) is 11.8 Å². The van der Waals surface area contributed by atoms with E-state index in [9.17, 15) is 9.59 Å². The van der Waals surface area contributed by atoms with E-state index < -0.39 is 0 Å². The van der Waals surface area contributed by atoms with Gasteiger partial charge < -0.3 is 15.4 Å². The molecule has 0 aliphatic heterocycles. The van der Waals surface area contributed by atoms with Gasteiger partial charge >= 0.3 is 0 Å². The predicted octanol–water partition coefficient (Wildman–Crippen LogP) is 3.08. The van der Waals surface area contributed by atoms with Crippen LogP contribution in [0.2, 0.25) is 0 Å². The number of carbonyl (C=O) groups is 2. The number of methoxy groups -OCH3 is 1. The summed E-state index contributed by atoms with van der Waals surface area (Å²) < 4.78 is 5.60. The van der Waals surface area contributed by atoms with Crippen LogP contribution in [-0.2, 0) is 4.74 Å². The van der Waals surface area contributed by atoms with Gasteiger partial charge in [-0.15, -0.1) is 0 Å². The molecule has 0 saturated heterocycles. The first-order chi connectivity index (χ1) is 11.1. The summed E-state index contributed by atoms with van der Waals surface area (Å²) in [7, 11) is 1.57. The average molecular weight is 377 g/mol. The fourth-order valence-corrected chi connectivity index (χ4v) is 2.42. The number of nitrogens with one attached hydrogen (secondary N) is 2. The fraction of sp³-hybridized carbons (Fsp3) is 0.176. The van der Waals surface area contributed by atoms with E-state index in [2.05, 4.69) is 26.6 Å². The number of hydrogen-bond acceptors (Lipinski definition) is 3. The van der Waals surface area contributed by atoms with Gasteiger partial charge in [-0.05, 0) is 46.3 Å². The van der Waals surface area contributed by atoms with E-state index in [1.54, 1.807) is 49.6 Å². The Morgan fingerprint density at radius 1 is 1.09 bits per heavy atom. The molecule has 0 saturated carbocycles. The van der Waals surface area contributed by atoms with Crippen molar-refractivity contribution < 1.29 is 14.3 Å². The smallest absolute Gasteiger partial charge is 0.256 e. The van der Waals surface area contributed by atoms with Gasteiger partial charge in [0, 0.05) is 29.4 Å². The minimum Gasteiger partial charge on any atom is -0.383 e. The molecule has 0 radical (unpaired) electrons. The topological polar surface area (TPSA) is 67.4 Å². The molecule has 2 rings (SSSR count). The van der Waals surface area contributed by atoms with Crippen LogP contribution >= 0.6 is 15.9 Å². The monoisotopic (exact) mass is 376 g/mol. The minimum atomic E-state index is -0.241. The van der Waals surface area contributed by atoms with Crippen LogP contribution in [0, 0.1) is 0 Å². The zero-order chi connectivity index (χ0) is 16.7. The Morgan fingerprint density at radius 3 is 2.61 bits per heavy atom. The van der Waals surface area contributed by atoms with Gasteiger partial charge in [-0.2, -0.15) is 0 Å². The molecule has 0 aliphatic carbocycles. The van der Waals surface area contributed by atoms with Gasteiger partial charge in [-0.1, -0.05) is 18.2 Å². The van der Waals surface area contributed by atoms with Crippen LogP contribution < -0.4 is 10.6 Å². The molecule has 2 aromatic rings. The molecular formula is C17H17BrN2O3. The minimum absolute atomic E-state index is 0.209. The first kappa shape index (κ1) is 17.2. The molecule has 0 aliphatic rings. The van der Waals surface area contributed by atoms with Gasteiger partial charge in [0.15, 0.2) is 0 Å². The number of amides is 2. The largest absolute Gasteiger partial charge is 0.383 e. The number of halogens is 1. The number of carbonyl (C=O) groups excluding carboxylic acids is 2. The lowest BCUT2D eigenvalue weighted by Crippen LogP contribution is -2.27. The lowest BCUT2D eigenvalue weighted by molar-refractivity contribution is 0.0936. The van der Waals surface area contributed by atoms with Gasteiger partial charge in [-0.3, -0.25) is 9.59 Å². The number of rotatable bonds is 6. The second-order valence-corrected chi connectivity index (χ2v) is 5.62. The second-order valence-electron chi connectivity index (χ2n) is 4.76. The van der Waals surface area contributed by atoms with E-state index in [0.29, 0.717) is 34.4 Å². The van der Waals surface area contributed by atoms with E-state index in [0.717, 1.165) is 0 Å². The molecule has 23 heavy (non-hydrogen) atoms. The Morgan fingerprint density at radius 2 is 1.87 bits per heavy atom. The van der Waals surface area contributed by atoms with E-state index in [-0.39, 0.29) is 11.8 Å². The zero-order valence-electron chi connectivity index (χ0n) is 12.6. The lowest BCUT2D eigenvalue weighted by atomic mass is 10.1. The summed E-state index contributed by atoms with van der Waals surface area (Å²) in [6.07, 6.45) is 0. The van der Waals surface area contributed by atoms with E-state index in [4.69, 9.17) is 4.74 Å². The lowest BCUT2D eigenvalue weighted by Gasteiger charge is -2.09. The van der Waals surface area contributed by atoms with Crippen LogP contribution in [0.25, 0.3) is 0 Å². The summed E-state index contributed by atoms with van der Waals surface area (Å²) >= 11 is 3.35. The predicted molar refractivity (Wildman–Crippen MR) is 92.7 cm³/mol. The summed E-state index contributed by atoms with van der Waals surface area (Å²) in [5, 5.41) is 5.53. The van der Waals surface area contributed by atoms with Crippen molar-refractivity contribution in [3.8, 4) is 0 Å². The van der Waals surface area contributed by atoms with Gasteiger partial charge in [0.05, 0.1) is 12.2 Å². The Balaban J connectivity index is 2.07. The molecule has 2 aromatic carbocycles. The van der Waals surface area contributed by atoms with Crippen molar-refractivity contribution in [3.05, 3.63) is 64.1 Å². The van der Waals surface area contributed by atoms with Crippen molar-refractivity contribution in [3.63, 3.8) is 0 Å². The first-order valence-electron chi connectivity index (χ1n) is 7.05. The summed E-state index contributed by atoms with van der Waals surface area (Å²) in [4.78, 5) is 24.3. The highest BCUT2D eigenvalue weighted by Gasteiger charge is 2.11. The Hall–Kier alpha value is -2.18. The highest BCUT2D eigenvalue weighted by atomic mass is 79.9. The number of ether oxygens (including phenoxy) is 1. The third-order valence-electron chi connectivity index (χ3n) is 3.09. The van der Waals surface area contributed by atoms with Gasteiger partial charge in [0.2, 0.25) is 0 Å². The van der Waals surface area contributed by atoms with Crippen LogP contribution in [0.4, 0.5) is 5.69 Å². The Labute approximate surface area is 143 Å². The molecule has 2 N–H and O–H groups in total. The molecule has 2 amide bonds. The average Bonchev–Trinajstić information content (AvgIpc) is 2.55. The van der Waals surface area contributed by atoms with Crippen molar-refractivity contribution in [1.82, 2.24) is 5.32 Å². The number of hydrogen-bond donors (Lipinski definition) is 2. The third-order valence-corrected chi connectivity index (χ3v) is 3.78. The highest BCUT2D eigenvalue weighted by Crippen LogP contribution is 2.18. The standard InChI is InChI=1S/C17H17BrN2O3/c1-23-10-9-19-16(21)12-5-4-6-13(11-12)20-17(22)14-7-2-3-8-15(14)18/h2-8,11H,9-10H2,1H3,(H,19,21)(H,20,22). The zero-order valence-corrected chi connectivity index (χ0v) is 14.2. The molecule has 0 unspecified atom stereocenters. The van der Waals surface area contributed by atoms with Crippen LogP contribution in [-0.4, -0.2) is 32.1 Å². The van der Waals surface area contributed by atoms with E-state index >= 15 is 0 Å². The molecule has 0 spiro atoms. The van der Waals surface area contributed by atoms with Crippen molar-refractivity contribution in [1.29, 1.82) is 0 Å². The normalized spacial score (nSPS) is 10.2. The number of benzene rings is 2. The van der Waals surface area contributed by atoms with Crippen molar-refractivity contribution in [2.75, 3.05) is 25.6 Å². The molecule has 0 bridgehead atoms. The van der Waals surface area contributed by atoms with E-state index in [1.807, 2.05) is 6.07 Å². The molecule has 120 valence electrons. The van der Waals surface area contributed by atoms with E-state index in [1.165, 1.54) is 0 Å².